The van der Waals surface area contributed by atoms with Crippen LogP contribution in [0, 0.1) is 13.8 Å². The Hall–Kier alpha value is -1.99. The Kier molecular flexibility index (Phi) is 3.37. The zero-order valence-electron chi connectivity index (χ0n) is 10.9. The number of rotatable bonds is 3. The summed E-state index contributed by atoms with van der Waals surface area (Å²) < 4.78 is 0. The van der Waals surface area contributed by atoms with Gasteiger partial charge in [0.1, 0.15) is 10.7 Å². The summed E-state index contributed by atoms with van der Waals surface area (Å²) in [5.74, 6) is 0.317. The summed E-state index contributed by atoms with van der Waals surface area (Å²) in [6.45, 7) is 3.82. The Balaban J connectivity index is 1.80. The van der Waals surface area contributed by atoms with Gasteiger partial charge in [-0.1, -0.05) is 6.07 Å². The van der Waals surface area contributed by atoms with E-state index in [0.29, 0.717) is 11.5 Å². The molecule has 3 rings (SSSR count). The number of aryl methyl sites for hydroxylation is 1. The van der Waals surface area contributed by atoms with Crippen molar-refractivity contribution in [1.29, 1.82) is 0 Å². The van der Waals surface area contributed by atoms with Crippen LogP contribution in [0.3, 0.4) is 0 Å². The first-order valence-electron chi connectivity index (χ1n) is 5.97. The molecule has 0 spiro atoms. The van der Waals surface area contributed by atoms with Crippen LogP contribution in [0.25, 0.3) is 9.88 Å². The van der Waals surface area contributed by atoms with Crippen LogP contribution < -0.4 is 5.32 Å². The van der Waals surface area contributed by atoms with E-state index in [1.807, 2.05) is 31.4 Å². The van der Waals surface area contributed by atoms with Gasteiger partial charge in [-0.05, 0) is 25.3 Å². The maximum absolute atomic E-state index is 12.1. The molecule has 0 aliphatic heterocycles. The van der Waals surface area contributed by atoms with E-state index in [1.54, 1.807) is 16.7 Å². The number of amides is 1. The molecule has 3 aromatic rings. The molecule has 0 unspecified atom stereocenters. The predicted molar refractivity (Wildman–Crippen MR) is 81.4 cm³/mol. The normalized spacial score (nSPS) is 10.7. The van der Waals surface area contributed by atoms with Gasteiger partial charge in [0.15, 0.2) is 5.82 Å². The molecule has 102 valence electrons. The van der Waals surface area contributed by atoms with Gasteiger partial charge in [0.2, 0.25) is 0 Å². The number of carbonyl (C=O) groups excluding carboxylic acids is 1. The molecule has 0 atom stereocenters. The van der Waals surface area contributed by atoms with Crippen molar-refractivity contribution in [3.05, 3.63) is 39.8 Å². The maximum Gasteiger partial charge on any atom is 0.276 e. The molecule has 20 heavy (non-hydrogen) atoms. The fraction of sp³-hybridized carbons (Fsp3) is 0.154. The van der Waals surface area contributed by atoms with E-state index in [0.717, 1.165) is 21.1 Å². The smallest absolute Gasteiger partial charge is 0.276 e. The summed E-state index contributed by atoms with van der Waals surface area (Å²) in [7, 11) is 0. The van der Waals surface area contributed by atoms with Crippen LogP contribution in [-0.4, -0.2) is 21.1 Å². The Morgan fingerprint density at radius 2 is 2.20 bits per heavy atom. The van der Waals surface area contributed by atoms with Gasteiger partial charge in [0, 0.05) is 16.6 Å². The van der Waals surface area contributed by atoms with Gasteiger partial charge in [-0.3, -0.25) is 9.89 Å². The van der Waals surface area contributed by atoms with Gasteiger partial charge in [0.05, 0.1) is 4.88 Å². The minimum Gasteiger partial charge on any atom is -0.303 e. The van der Waals surface area contributed by atoms with Gasteiger partial charge in [-0.2, -0.15) is 5.10 Å². The number of nitrogens with one attached hydrogen (secondary N) is 2. The Bertz CT molecular complexity index is 742. The average molecular weight is 304 g/mol. The van der Waals surface area contributed by atoms with Crippen molar-refractivity contribution in [2.45, 2.75) is 13.8 Å². The van der Waals surface area contributed by atoms with E-state index >= 15 is 0 Å². The summed E-state index contributed by atoms with van der Waals surface area (Å²) in [4.78, 5) is 17.6. The number of thiophene rings is 1. The monoisotopic (exact) mass is 304 g/mol. The number of H-pyrrole nitrogens is 1. The number of hydrogen-bond acceptors (Lipinski definition) is 5. The highest BCUT2D eigenvalue weighted by Crippen LogP contribution is 2.28. The number of aromatic nitrogens is 3. The van der Waals surface area contributed by atoms with Gasteiger partial charge in [0.25, 0.3) is 5.91 Å². The zero-order chi connectivity index (χ0) is 14.1. The highest BCUT2D eigenvalue weighted by atomic mass is 32.1. The molecule has 0 aliphatic rings. The van der Waals surface area contributed by atoms with E-state index in [1.165, 1.54) is 11.3 Å². The fourth-order valence-corrected chi connectivity index (χ4v) is 3.28. The minimum atomic E-state index is -0.237. The van der Waals surface area contributed by atoms with E-state index in [9.17, 15) is 4.79 Å². The van der Waals surface area contributed by atoms with E-state index in [4.69, 9.17) is 0 Å². The van der Waals surface area contributed by atoms with E-state index in [2.05, 4.69) is 20.5 Å². The lowest BCUT2D eigenvalue weighted by molar-refractivity contribution is 0.102. The molecule has 1 amide bonds. The predicted octanol–water partition coefficient (Wildman–Crippen LogP) is 3.46. The van der Waals surface area contributed by atoms with Crippen LogP contribution in [0.2, 0.25) is 0 Å². The number of anilines is 1. The number of carbonyl (C=O) groups is 1. The van der Waals surface area contributed by atoms with Crippen LogP contribution >= 0.6 is 22.7 Å². The lowest BCUT2D eigenvalue weighted by Gasteiger charge is -1.99. The molecular formula is C13H12N4OS2. The Morgan fingerprint density at radius 3 is 2.85 bits per heavy atom. The van der Waals surface area contributed by atoms with Crippen LogP contribution in [0.1, 0.15) is 21.7 Å². The third-order valence-corrected chi connectivity index (χ3v) is 4.84. The molecular weight excluding hydrogens is 292 g/mol. The Labute approximate surface area is 123 Å². The number of thiazole rings is 1. The number of nitrogens with zero attached hydrogens (tertiary/aromatic N) is 2. The second kappa shape index (κ2) is 5.18. The second-order valence-corrected chi connectivity index (χ2v) is 6.10. The maximum atomic E-state index is 12.1. The van der Waals surface area contributed by atoms with E-state index < -0.39 is 0 Å². The van der Waals surface area contributed by atoms with Crippen molar-refractivity contribution in [3.63, 3.8) is 0 Å². The SMILES string of the molecule is Cc1[nH]nc(NC(=O)c2csc(-c3cccs3)n2)c1C. The molecule has 3 aromatic heterocycles. The van der Waals surface area contributed by atoms with E-state index in [-0.39, 0.29) is 5.91 Å². The molecule has 0 aromatic carbocycles. The molecule has 0 aliphatic carbocycles. The quantitative estimate of drug-likeness (QED) is 0.778. The molecule has 3 heterocycles. The number of hydrogen-bond donors (Lipinski definition) is 2. The van der Waals surface area contributed by atoms with Crippen molar-refractivity contribution in [3.8, 4) is 9.88 Å². The first kappa shape index (κ1) is 13.0. The molecule has 0 saturated heterocycles. The molecule has 2 N–H and O–H groups in total. The van der Waals surface area contributed by atoms with Crippen LogP contribution in [0.4, 0.5) is 5.82 Å². The fourth-order valence-electron chi connectivity index (χ4n) is 1.67. The number of aromatic amines is 1. The summed E-state index contributed by atoms with van der Waals surface area (Å²) in [5, 5.41) is 14.3. The highest BCUT2D eigenvalue weighted by Gasteiger charge is 2.15. The molecule has 0 bridgehead atoms. The van der Waals surface area contributed by atoms with Crippen molar-refractivity contribution in [1.82, 2.24) is 15.2 Å². The van der Waals surface area contributed by atoms with Crippen LogP contribution in [0.5, 0.6) is 0 Å². The van der Waals surface area contributed by atoms with Gasteiger partial charge < -0.3 is 5.32 Å². The average Bonchev–Trinajstić information content (AvgIpc) is 3.14. The van der Waals surface area contributed by atoms with Crippen LogP contribution in [0.15, 0.2) is 22.9 Å². The highest BCUT2D eigenvalue weighted by molar-refractivity contribution is 7.20. The molecule has 5 nitrogen and oxygen atoms in total. The third-order valence-electron chi connectivity index (χ3n) is 2.95. The summed E-state index contributed by atoms with van der Waals surface area (Å²) in [5.41, 5.74) is 2.29. The summed E-state index contributed by atoms with van der Waals surface area (Å²) in [6, 6.07) is 3.96. The first-order valence-corrected chi connectivity index (χ1v) is 7.73. The standard InChI is InChI=1S/C13H12N4OS2/c1-7-8(2)16-17-11(7)15-12(18)9-6-20-13(14-9)10-4-3-5-19-10/h3-6H,1-2H3,(H2,15,16,17,18). The van der Waals surface area contributed by atoms with Gasteiger partial charge in [-0.15, -0.1) is 22.7 Å². The Morgan fingerprint density at radius 1 is 1.35 bits per heavy atom. The topological polar surface area (TPSA) is 70.7 Å². The molecule has 0 fully saturated rings. The third kappa shape index (κ3) is 2.37. The van der Waals surface area contributed by atoms with Crippen LogP contribution in [-0.2, 0) is 0 Å². The van der Waals surface area contributed by atoms with Gasteiger partial charge >= 0.3 is 0 Å². The summed E-state index contributed by atoms with van der Waals surface area (Å²) >= 11 is 3.08. The first-order chi connectivity index (χ1) is 9.65. The van der Waals surface area contributed by atoms with Crippen molar-refractivity contribution >= 4 is 34.4 Å². The van der Waals surface area contributed by atoms with Crippen molar-refractivity contribution < 1.29 is 4.79 Å². The second-order valence-electron chi connectivity index (χ2n) is 4.29. The van der Waals surface area contributed by atoms with Crippen molar-refractivity contribution in [2.24, 2.45) is 0 Å². The molecule has 7 heteroatoms. The lowest BCUT2D eigenvalue weighted by atomic mass is 10.3. The molecule has 0 radical (unpaired) electrons. The van der Waals surface area contributed by atoms with Gasteiger partial charge in [-0.25, -0.2) is 4.98 Å². The largest absolute Gasteiger partial charge is 0.303 e. The minimum absolute atomic E-state index is 0.237. The lowest BCUT2D eigenvalue weighted by Crippen LogP contribution is -2.13. The summed E-state index contributed by atoms with van der Waals surface area (Å²) in [6.07, 6.45) is 0. The van der Waals surface area contributed by atoms with Crippen molar-refractivity contribution in [2.75, 3.05) is 5.32 Å². The molecule has 0 saturated carbocycles. The zero-order valence-corrected chi connectivity index (χ0v) is 12.6.